The smallest absolute Gasteiger partial charge is 0.350 e. The largest absolute Gasteiger partial charge is 0.506 e. The third kappa shape index (κ3) is 3.13. The SMILES string of the molecule is CCOC(=O)c1sc2ncc(/C(O)=C/C(C)C)nc2c1N. The van der Waals surface area contributed by atoms with Gasteiger partial charge in [0.15, 0.2) is 0 Å². The van der Waals surface area contributed by atoms with Crippen LogP contribution in [0.2, 0.25) is 0 Å². The number of carbonyl (C=O) groups excluding carboxylic acids is 1. The maximum Gasteiger partial charge on any atom is 0.350 e. The number of aliphatic hydroxyl groups excluding tert-OH is 1. The van der Waals surface area contributed by atoms with Crippen LogP contribution in [0.1, 0.15) is 36.1 Å². The first-order valence-electron chi connectivity index (χ1n) is 6.57. The summed E-state index contributed by atoms with van der Waals surface area (Å²) in [6.45, 7) is 5.89. The Bertz CT molecular complexity index is 707. The minimum Gasteiger partial charge on any atom is -0.506 e. The van der Waals surface area contributed by atoms with Gasteiger partial charge < -0.3 is 15.6 Å². The van der Waals surface area contributed by atoms with Crippen LogP contribution in [0.4, 0.5) is 5.69 Å². The van der Waals surface area contributed by atoms with Crippen molar-refractivity contribution >= 4 is 39.1 Å². The minimum absolute atomic E-state index is 0.0442. The number of anilines is 1. The van der Waals surface area contributed by atoms with E-state index in [4.69, 9.17) is 10.5 Å². The number of hydrogen-bond acceptors (Lipinski definition) is 7. The summed E-state index contributed by atoms with van der Waals surface area (Å²) in [6, 6.07) is 0. The highest BCUT2D eigenvalue weighted by Gasteiger charge is 2.20. The molecule has 7 heteroatoms. The fourth-order valence-electron chi connectivity index (χ4n) is 1.76. The molecule has 0 saturated heterocycles. The van der Waals surface area contributed by atoms with Gasteiger partial charge in [0.2, 0.25) is 0 Å². The Hall–Kier alpha value is -2.15. The number of rotatable bonds is 4. The van der Waals surface area contributed by atoms with Crippen LogP contribution in [0.15, 0.2) is 12.3 Å². The lowest BCUT2D eigenvalue weighted by molar-refractivity contribution is 0.0533. The van der Waals surface area contributed by atoms with Crippen molar-refractivity contribution in [2.45, 2.75) is 20.8 Å². The molecule has 0 bridgehead atoms. The maximum absolute atomic E-state index is 11.8. The van der Waals surface area contributed by atoms with Crippen LogP contribution in [-0.2, 0) is 4.74 Å². The number of hydrogen-bond donors (Lipinski definition) is 2. The molecule has 0 aromatic carbocycles. The van der Waals surface area contributed by atoms with Crippen molar-refractivity contribution in [3.05, 3.63) is 22.8 Å². The molecule has 2 aromatic rings. The van der Waals surface area contributed by atoms with Gasteiger partial charge in [0.25, 0.3) is 0 Å². The van der Waals surface area contributed by atoms with E-state index in [1.807, 2.05) is 13.8 Å². The number of aliphatic hydroxyl groups is 1. The van der Waals surface area contributed by atoms with Crippen molar-refractivity contribution in [2.75, 3.05) is 12.3 Å². The van der Waals surface area contributed by atoms with E-state index in [0.29, 0.717) is 16.0 Å². The molecular weight excluding hydrogens is 290 g/mol. The summed E-state index contributed by atoms with van der Waals surface area (Å²) in [4.78, 5) is 21.1. The van der Waals surface area contributed by atoms with E-state index in [9.17, 15) is 9.90 Å². The summed E-state index contributed by atoms with van der Waals surface area (Å²) in [6.07, 6.45) is 3.13. The molecule has 6 nitrogen and oxygen atoms in total. The summed E-state index contributed by atoms with van der Waals surface area (Å²) in [7, 11) is 0. The first kappa shape index (κ1) is 15.2. The number of ether oxygens (including phenoxy) is 1. The average Bonchev–Trinajstić information content (AvgIpc) is 2.75. The van der Waals surface area contributed by atoms with Crippen molar-refractivity contribution in [3.8, 4) is 0 Å². The van der Waals surface area contributed by atoms with Gasteiger partial charge in [0.1, 0.15) is 26.7 Å². The maximum atomic E-state index is 11.8. The highest BCUT2D eigenvalue weighted by molar-refractivity contribution is 7.21. The van der Waals surface area contributed by atoms with E-state index in [-0.39, 0.29) is 28.8 Å². The topological polar surface area (TPSA) is 98.3 Å². The number of allylic oxidation sites excluding steroid dienone is 1. The normalized spacial score (nSPS) is 12.1. The standard InChI is InChI=1S/C14H17N3O3S/c1-4-20-14(19)12-10(15)11-13(21-12)16-6-8(17-11)9(18)5-7(2)3/h5-7,18H,4,15H2,1-3H3/b9-5-. The lowest BCUT2D eigenvalue weighted by atomic mass is 10.2. The number of nitrogens with zero attached hydrogens (tertiary/aromatic N) is 2. The molecule has 0 unspecified atom stereocenters. The van der Waals surface area contributed by atoms with E-state index >= 15 is 0 Å². The molecule has 112 valence electrons. The van der Waals surface area contributed by atoms with Crippen LogP contribution >= 0.6 is 11.3 Å². The average molecular weight is 307 g/mol. The van der Waals surface area contributed by atoms with Crippen LogP contribution in [0.25, 0.3) is 16.1 Å². The number of nitrogen functional groups attached to an aromatic ring is 1. The van der Waals surface area contributed by atoms with Crippen LogP contribution < -0.4 is 5.73 Å². The molecular formula is C14H17N3O3S. The number of fused-ring (bicyclic) bond motifs is 1. The van der Waals surface area contributed by atoms with Gasteiger partial charge in [-0.3, -0.25) is 0 Å². The highest BCUT2D eigenvalue weighted by Crippen LogP contribution is 2.32. The number of carbonyl (C=O) groups is 1. The molecule has 0 fully saturated rings. The molecule has 0 aliphatic carbocycles. The highest BCUT2D eigenvalue weighted by atomic mass is 32.1. The Kier molecular flexibility index (Phi) is 4.42. The summed E-state index contributed by atoms with van der Waals surface area (Å²) >= 11 is 1.13. The van der Waals surface area contributed by atoms with Gasteiger partial charge in [-0.25, -0.2) is 14.8 Å². The second-order valence-corrected chi connectivity index (χ2v) is 5.77. The number of aromatic nitrogens is 2. The zero-order chi connectivity index (χ0) is 15.6. The third-order valence-electron chi connectivity index (χ3n) is 2.65. The summed E-state index contributed by atoms with van der Waals surface area (Å²) in [5, 5.41) is 9.97. The quantitative estimate of drug-likeness (QED) is 0.665. The van der Waals surface area contributed by atoms with E-state index in [0.717, 1.165) is 11.3 Å². The van der Waals surface area contributed by atoms with E-state index in [1.54, 1.807) is 13.0 Å². The zero-order valence-corrected chi connectivity index (χ0v) is 12.9. The Morgan fingerprint density at radius 2 is 2.29 bits per heavy atom. The van der Waals surface area contributed by atoms with Gasteiger partial charge >= 0.3 is 5.97 Å². The van der Waals surface area contributed by atoms with Gasteiger partial charge in [-0.05, 0) is 18.9 Å². The summed E-state index contributed by atoms with van der Waals surface area (Å²) < 4.78 is 4.94. The predicted octanol–water partition coefficient (Wildman–Crippen LogP) is 3.01. The molecule has 2 rings (SSSR count). The van der Waals surface area contributed by atoms with Gasteiger partial charge in [-0.1, -0.05) is 13.8 Å². The van der Waals surface area contributed by atoms with Crippen LogP contribution in [0.5, 0.6) is 0 Å². The number of thiophene rings is 1. The molecule has 0 aliphatic heterocycles. The van der Waals surface area contributed by atoms with Crippen LogP contribution in [-0.4, -0.2) is 27.7 Å². The fourth-order valence-corrected chi connectivity index (χ4v) is 2.66. The van der Waals surface area contributed by atoms with Gasteiger partial charge in [0.05, 0.1) is 18.5 Å². The Labute approximate surface area is 126 Å². The molecule has 0 aliphatic rings. The van der Waals surface area contributed by atoms with Gasteiger partial charge in [-0.2, -0.15) is 0 Å². The Balaban J connectivity index is 2.49. The van der Waals surface area contributed by atoms with Gasteiger partial charge in [-0.15, -0.1) is 11.3 Å². The van der Waals surface area contributed by atoms with E-state index < -0.39 is 5.97 Å². The lowest BCUT2D eigenvalue weighted by Gasteiger charge is -2.02. The van der Waals surface area contributed by atoms with Crippen molar-refractivity contribution in [1.29, 1.82) is 0 Å². The monoisotopic (exact) mass is 307 g/mol. The molecule has 21 heavy (non-hydrogen) atoms. The fraction of sp³-hybridized carbons (Fsp3) is 0.357. The van der Waals surface area contributed by atoms with E-state index in [2.05, 4.69) is 9.97 Å². The molecule has 0 spiro atoms. The van der Waals surface area contributed by atoms with Crippen molar-refractivity contribution < 1.29 is 14.6 Å². The summed E-state index contributed by atoms with van der Waals surface area (Å²) in [5.74, 6) is -0.261. The molecule has 2 aromatic heterocycles. The number of esters is 1. The lowest BCUT2D eigenvalue weighted by Crippen LogP contribution is -2.05. The Morgan fingerprint density at radius 3 is 2.90 bits per heavy atom. The molecule has 0 amide bonds. The molecule has 2 heterocycles. The van der Waals surface area contributed by atoms with Gasteiger partial charge in [0, 0.05) is 0 Å². The molecule has 3 N–H and O–H groups in total. The Morgan fingerprint density at radius 1 is 1.57 bits per heavy atom. The van der Waals surface area contributed by atoms with Crippen LogP contribution in [0.3, 0.4) is 0 Å². The number of nitrogens with two attached hydrogens (primary N) is 1. The first-order valence-corrected chi connectivity index (χ1v) is 7.39. The summed E-state index contributed by atoms with van der Waals surface area (Å²) in [5.41, 5.74) is 6.92. The minimum atomic E-state index is -0.483. The van der Waals surface area contributed by atoms with Crippen LogP contribution in [0, 0.1) is 5.92 Å². The first-order chi connectivity index (χ1) is 9.93. The van der Waals surface area contributed by atoms with Crippen molar-refractivity contribution in [1.82, 2.24) is 9.97 Å². The molecule has 0 atom stereocenters. The van der Waals surface area contributed by atoms with Crippen molar-refractivity contribution in [2.24, 2.45) is 5.92 Å². The second-order valence-electron chi connectivity index (χ2n) is 4.77. The third-order valence-corrected chi connectivity index (χ3v) is 3.73. The zero-order valence-electron chi connectivity index (χ0n) is 12.1. The molecule has 0 radical (unpaired) electrons. The second kappa shape index (κ2) is 6.09. The van der Waals surface area contributed by atoms with Crippen molar-refractivity contribution in [3.63, 3.8) is 0 Å². The van der Waals surface area contributed by atoms with E-state index in [1.165, 1.54) is 6.20 Å². The molecule has 0 saturated carbocycles. The predicted molar refractivity (Wildman–Crippen MR) is 83.2 cm³/mol.